The molecule has 2 aromatic carbocycles. The van der Waals surface area contributed by atoms with Gasteiger partial charge in [-0.15, -0.1) is 0 Å². The largest absolute Gasteiger partial charge is 0.497 e. The Labute approximate surface area is 124 Å². The van der Waals surface area contributed by atoms with Crippen molar-refractivity contribution in [2.45, 2.75) is 12.5 Å². The second-order valence-electron chi connectivity index (χ2n) is 4.78. The van der Waals surface area contributed by atoms with Crippen molar-refractivity contribution >= 4 is 11.6 Å². The number of hydrogen-bond donors (Lipinski definition) is 1. The van der Waals surface area contributed by atoms with Crippen LogP contribution in [-0.2, 0) is 5.54 Å². The van der Waals surface area contributed by atoms with Crippen molar-refractivity contribution in [3.05, 3.63) is 58.6 Å². The maximum Gasteiger partial charge on any atom is 0.124 e. The van der Waals surface area contributed by atoms with Gasteiger partial charge in [0.1, 0.15) is 11.5 Å². The van der Waals surface area contributed by atoms with E-state index in [1.807, 2.05) is 43.3 Å². The van der Waals surface area contributed by atoms with Crippen molar-refractivity contribution in [2.75, 3.05) is 14.2 Å². The molecule has 2 rings (SSSR count). The van der Waals surface area contributed by atoms with Crippen LogP contribution < -0.4 is 15.2 Å². The highest BCUT2D eigenvalue weighted by molar-refractivity contribution is 6.30. The third kappa shape index (κ3) is 2.74. The summed E-state index contributed by atoms with van der Waals surface area (Å²) >= 11 is 6.09. The maximum absolute atomic E-state index is 6.53. The molecule has 0 aliphatic rings. The molecule has 1 unspecified atom stereocenters. The molecule has 0 saturated carbocycles. The van der Waals surface area contributed by atoms with Gasteiger partial charge in [0.05, 0.1) is 19.8 Å². The first-order valence-corrected chi connectivity index (χ1v) is 6.64. The van der Waals surface area contributed by atoms with E-state index in [1.165, 1.54) is 0 Å². The van der Waals surface area contributed by atoms with E-state index in [2.05, 4.69) is 0 Å². The Morgan fingerprint density at radius 3 is 2.45 bits per heavy atom. The van der Waals surface area contributed by atoms with Crippen molar-refractivity contribution < 1.29 is 9.47 Å². The van der Waals surface area contributed by atoms with Gasteiger partial charge in [0, 0.05) is 10.6 Å². The van der Waals surface area contributed by atoms with E-state index in [1.54, 1.807) is 20.3 Å². The number of rotatable bonds is 4. The van der Waals surface area contributed by atoms with E-state index in [0.29, 0.717) is 10.8 Å². The lowest BCUT2D eigenvalue weighted by Gasteiger charge is -2.28. The molecule has 0 saturated heterocycles. The zero-order valence-electron chi connectivity index (χ0n) is 11.8. The molecular formula is C16H18ClNO2. The van der Waals surface area contributed by atoms with Crippen LogP contribution in [0.15, 0.2) is 42.5 Å². The first-order chi connectivity index (χ1) is 9.48. The minimum atomic E-state index is -0.731. The molecule has 2 N–H and O–H groups in total. The van der Waals surface area contributed by atoms with Crippen LogP contribution in [0.5, 0.6) is 11.5 Å². The van der Waals surface area contributed by atoms with Crippen LogP contribution >= 0.6 is 11.6 Å². The molecule has 0 amide bonds. The van der Waals surface area contributed by atoms with Gasteiger partial charge < -0.3 is 15.2 Å². The van der Waals surface area contributed by atoms with Crippen LogP contribution in [0.25, 0.3) is 0 Å². The Morgan fingerprint density at radius 1 is 1.05 bits per heavy atom. The Morgan fingerprint density at radius 2 is 1.80 bits per heavy atom. The van der Waals surface area contributed by atoms with E-state index >= 15 is 0 Å². The number of benzene rings is 2. The van der Waals surface area contributed by atoms with Crippen molar-refractivity contribution in [1.29, 1.82) is 0 Å². The molecule has 0 aliphatic heterocycles. The van der Waals surface area contributed by atoms with Gasteiger partial charge in [0.25, 0.3) is 0 Å². The molecule has 0 aliphatic carbocycles. The van der Waals surface area contributed by atoms with Gasteiger partial charge in [0.2, 0.25) is 0 Å². The summed E-state index contributed by atoms with van der Waals surface area (Å²) in [5, 5.41) is 0.625. The molecule has 106 valence electrons. The molecule has 1 atom stereocenters. The van der Waals surface area contributed by atoms with Gasteiger partial charge in [-0.3, -0.25) is 0 Å². The van der Waals surface area contributed by atoms with E-state index < -0.39 is 5.54 Å². The SMILES string of the molecule is COc1cccc(C(C)(N)c2cc(Cl)ccc2OC)c1. The molecule has 2 aromatic rings. The molecule has 0 bridgehead atoms. The van der Waals surface area contributed by atoms with Crippen LogP contribution in [-0.4, -0.2) is 14.2 Å². The van der Waals surface area contributed by atoms with Gasteiger partial charge in [-0.25, -0.2) is 0 Å². The number of methoxy groups -OCH3 is 2. The lowest BCUT2D eigenvalue weighted by molar-refractivity contribution is 0.397. The summed E-state index contributed by atoms with van der Waals surface area (Å²) in [6.07, 6.45) is 0. The second-order valence-corrected chi connectivity index (χ2v) is 5.22. The third-order valence-electron chi connectivity index (χ3n) is 3.39. The van der Waals surface area contributed by atoms with Gasteiger partial charge >= 0.3 is 0 Å². The van der Waals surface area contributed by atoms with Crippen LogP contribution in [0, 0.1) is 0 Å². The van der Waals surface area contributed by atoms with Crippen LogP contribution in [0.1, 0.15) is 18.1 Å². The monoisotopic (exact) mass is 291 g/mol. The van der Waals surface area contributed by atoms with Crippen LogP contribution in [0.3, 0.4) is 0 Å². The summed E-state index contributed by atoms with van der Waals surface area (Å²) in [6.45, 7) is 1.93. The van der Waals surface area contributed by atoms with E-state index in [9.17, 15) is 0 Å². The summed E-state index contributed by atoms with van der Waals surface area (Å²) in [5.74, 6) is 1.47. The molecule has 0 aromatic heterocycles. The molecule has 4 heteroatoms. The highest BCUT2D eigenvalue weighted by atomic mass is 35.5. The Balaban J connectivity index is 2.56. The normalized spacial score (nSPS) is 13.7. The molecule has 0 fully saturated rings. The van der Waals surface area contributed by atoms with Gasteiger partial charge in [-0.1, -0.05) is 23.7 Å². The minimum Gasteiger partial charge on any atom is -0.497 e. The number of ether oxygens (including phenoxy) is 2. The van der Waals surface area contributed by atoms with Crippen molar-refractivity contribution in [3.8, 4) is 11.5 Å². The summed E-state index contributed by atoms with van der Waals surface area (Å²) < 4.78 is 10.6. The topological polar surface area (TPSA) is 44.5 Å². The summed E-state index contributed by atoms with van der Waals surface area (Å²) in [4.78, 5) is 0. The maximum atomic E-state index is 6.53. The number of halogens is 1. The van der Waals surface area contributed by atoms with Gasteiger partial charge in [-0.2, -0.15) is 0 Å². The highest BCUT2D eigenvalue weighted by Gasteiger charge is 2.28. The molecule has 0 heterocycles. The zero-order valence-corrected chi connectivity index (χ0v) is 12.6. The average Bonchev–Trinajstić information content (AvgIpc) is 2.47. The Hall–Kier alpha value is -1.71. The highest BCUT2D eigenvalue weighted by Crippen LogP contribution is 2.36. The number of nitrogens with two attached hydrogens (primary N) is 1. The molecule has 20 heavy (non-hydrogen) atoms. The predicted molar refractivity (Wildman–Crippen MR) is 81.6 cm³/mol. The lowest BCUT2D eigenvalue weighted by Crippen LogP contribution is -2.34. The van der Waals surface area contributed by atoms with Crippen molar-refractivity contribution in [3.63, 3.8) is 0 Å². The van der Waals surface area contributed by atoms with Gasteiger partial charge in [-0.05, 0) is 42.8 Å². The Bertz CT molecular complexity index is 611. The fraction of sp³-hybridized carbons (Fsp3) is 0.250. The zero-order chi connectivity index (χ0) is 14.8. The standard InChI is InChI=1S/C16H18ClNO2/c1-16(18,11-5-4-6-13(9-11)19-2)14-10-12(17)7-8-15(14)20-3/h4-10H,18H2,1-3H3. The van der Waals surface area contributed by atoms with Crippen LogP contribution in [0.2, 0.25) is 5.02 Å². The van der Waals surface area contributed by atoms with E-state index in [0.717, 1.165) is 16.9 Å². The number of hydrogen-bond acceptors (Lipinski definition) is 3. The smallest absolute Gasteiger partial charge is 0.124 e. The summed E-state index contributed by atoms with van der Waals surface area (Å²) in [7, 11) is 3.25. The van der Waals surface area contributed by atoms with Crippen molar-refractivity contribution in [2.24, 2.45) is 5.73 Å². The first kappa shape index (κ1) is 14.7. The van der Waals surface area contributed by atoms with Crippen molar-refractivity contribution in [1.82, 2.24) is 0 Å². The predicted octanol–water partition coefficient (Wildman–Crippen LogP) is 3.58. The summed E-state index contributed by atoms with van der Waals surface area (Å²) in [6, 6.07) is 13.1. The fourth-order valence-corrected chi connectivity index (χ4v) is 2.36. The fourth-order valence-electron chi connectivity index (χ4n) is 2.19. The van der Waals surface area contributed by atoms with Crippen LogP contribution in [0.4, 0.5) is 0 Å². The lowest BCUT2D eigenvalue weighted by atomic mass is 9.85. The molecule has 0 spiro atoms. The molecular weight excluding hydrogens is 274 g/mol. The minimum absolute atomic E-state index is 0.625. The third-order valence-corrected chi connectivity index (χ3v) is 3.63. The Kier molecular flexibility index (Phi) is 4.21. The average molecular weight is 292 g/mol. The van der Waals surface area contributed by atoms with E-state index in [4.69, 9.17) is 26.8 Å². The van der Waals surface area contributed by atoms with E-state index in [-0.39, 0.29) is 0 Å². The molecule has 3 nitrogen and oxygen atoms in total. The molecule has 0 radical (unpaired) electrons. The summed E-state index contributed by atoms with van der Waals surface area (Å²) in [5.41, 5.74) is 7.56. The van der Waals surface area contributed by atoms with Gasteiger partial charge in [0.15, 0.2) is 0 Å². The second kappa shape index (κ2) is 5.73. The quantitative estimate of drug-likeness (QED) is 0.936. The first-order valence-electron chi connectivity index (χ1n) is 6.26.